The van der Waals surface area contributed by atoms with Gasteiger partial charge in [0.15, 0.2) is 0 Å². The minimum Gasteiger partial charge on any atom is -0.392 e. The van der Waals surface area contributed by atoms with E-state index in [1.54, 1.807) is 12.1 Å². The molecule has 5 heteroatoms. The Morgan fingerprint density at radius 3 is 2.89 bits per heavy atom. The van der Waals surface area contributed by atoms with Gasteiger partial charge in [0.25, 0.3) is 0 Å². The molecule has 0 radical (unpaired) electrons. The fourth-order valence-electron chi connectivity index (χ4n) is 2.20. The quantitative estimate of drug-likeness (QED) is 0.718. The first-order valence-electron chi connectivity index (χ1n) is 6.08. The van der Waals surface area contributed by atoms with Gasteiger partial charge in [0.2, 0.25) is 5.91 Å². The van der Waals surface area contributed by atoms with E-state index < -0.39 is 17.8 Å². The molecule has 1 aromatic rings. The first-order valence-corrected chi connectivity index (χ1v) is 6.08. The molecule has 1 aromatic carbocycles. The van der Waals surface area contributed by atoms with Crippen LogP contribution in [0.3, 0.4) is 0 Å². The van der Waals surface area contributed by atoms with Crippen LogP contribution in [0.4, 0.5) is 10.1 Å². The second-order valence-electron chi connectivity index (χ2n) is 4.70. The molecule has 3 N–H and O–H groups in total. The number of aryl methyl sites for hydroxylation is 1. The van der Waals surface area contributed by atoms with Crippen molar-refractivity contribution < 1.29 is 14.3 Å². The average molecular weight is 252 g/mol. The van der Waals surface area contributed by atoms with Crippen molar-refractivity contribution in [3.8, 4) is 0 Å². The summed E-state index contributed by atoms with van der Waals surface area (Å²) in [6.07, 6.45) is 1.58. The molecule has 18 heavy (non-hydrogen) atoms. The van der Waals surface area contributed by atoms with Crippen molar-refractivity contribution in [3.05, 3.63) is 29.6 Å². The van der Waals surface area contributed by atoms with Gasteiger partial charge in [0.1, 0.15) is 5.82 Å². The SMILES string of the molecule is Cc1ccc(F)c(NNC(=O)C2CCCC2O)c1. The summed E-state index contributed by atoms with van der Waals surface area (Å²) in [4.78, 5) is 11.8. The van der Waals surface area contributed by atoms with Crippen LogP contribution in [-0.2, 0) is 4.79 Å². The molecule has 1 amide bonds. The molecule has 1 saturated carbocycles. The first kappa shape index (κ1) is 12.8. The van der Waals surface area contributed by atoms with E-state index in [1.807, 2.05) is 6.92 Å². The second-order valence-corrected chi connectivity index (χ2v) is 4.70. The predicted octanol–water partition coefficient (Wildman–Crippen LogP) is 1.74. The van der Waals surface area contributed by atoms with Gasteiger partial charge in [0, 0.05) is 0 Å². The van der Waals surface area contributed by atoms with Gasteiger partial charge in [-0.3, -0.25) is 15.6 Å². The van der Waals surface area contributed by atoms with Crippen molar-refractivity contribution in [1.82, 2.24) is 5.43 Å². The Kier molecular flexibility index (Phi) is 3.81. The second kappa shape index (κ2) is 5.35. The molecular weight excluding hydrogens is 235 g/mol. The lowest BCUT2D eigenvalue weighted by Crippen LogP contribution is -2.38. The molecule has 2 unspecified atom stereocenters. The van der Waals surface area contributed by atoms with Crippen LogP contribution in [0, 0.1) is 18.7 Å². The highest BCUT2D eigenvalue weighted by molar-refractivity contribution is 5.80. The third-order valence-electron chi connectivity index (χ3n) is 3.26. The van der Waals surface area contributed by atoms with Gasteiger partial charge in [-0.1, -0.05) is 6.07 Å². The topological polar surface area (TPSA) is 61.4 Å². The summed E-state index contributed by atoms with van der Waals surface area (Å²) in [5.74, 6) is -1.11. The van der Waals surface area contributed by atoms with Crippen LogP contribution in [-0.4, -0.2) is 17.1 Å². The van der Waals surface area contributed by atoms with E-state index in [0.29, 0.717) is 12.8 Å². The van der Waals surface area contributed by atoms with Crippen LogP contribution < -0.4 is 10.9 Å². The molecule has 1 aliphatic carbocycles. The van der Waals surface area contributed by atoms with Crippen molar-refractivity contribution in [3.63, 3.8) is 0 Å². The number of hydrogen-bond donors (Lipinski definition) is 3. The summed E-state index contributed by atoms with van der Waals surface area (Å²) in [6, 6.07) is 4.61. The van der Waals surface area contributed by atoms with Crippen molar-refractivity contribution >= 4 is 11.6 Å². The standard InChI is InChI=1S/C13H17FN2O2/c1-8-5-6-10(14)11(7-8)15-16-13(18)9-3-2-4-12(9)17/h5-7,9,12,15,17H,2-4H2,1H3,(H,16,18). The van der Waals surface area contributed by atoms with Gasteiger partial charge in [-0.05, 0) is 43.9 Å². The Morgan fingerprint density at radius 1 is 1.44 bits per heavy atom. The Labute approximate surface area is 105 Å². The van der Waals surface area contributed by atoms with Crippen LogP contribution in [0.2, 0.25) is 0 Å². The summed E-state index contributed by atoms with van der Waals surface area (Å²) in [6.45, 7) is 1.84. The minimum atomic E-state index is -0.589. The molecule has 2 atom stereocenters. The molecule has 0 bridgehead atoms. The molecule has 0 aromatic heterocycles. The number of nitrogens with one attached hydrogen (secondary N) is 2. The third kappa shape index (κ3) is 2.79. The smallest absolute Gasteiger partial charge is 0.244 e. The van der Waals surface area contributed by atoms with E-state index in [-0.39, 0.29) is 11.6 Å². The zero-order valence-electron chi connectivity index (χ0n) is 10.2. The molecule has 0 spiro atoms. The predicted molar refractivity (Wildman–Crippen MR) is 66.3 cm³/mol. The highest BCUT2D eigenvalue weighted by Crippen LogP contribution is 2.25. The van der Waals surface area contributed by atoms with Crippen molar-refractivity contribution in [1.29, 1.82) is 0 Å². The molecule has 98 valence electrons. The van der Waals surface area contributed by atoms with Gasteiger partial charge in [-0.2, -0.15) is 0 Å². The van der Waals surface area contributed by atoms with Crippen LogP contribution >= 0.6 is 0 Å². The number of aliphatic hydroxyl groups excluding tert-OH is 1. The van der Waals surface area contributed by atoms with Crippen LogP contribution in [0.15, 0.2) is 18.2 Å². The number of carbonyl (C=O) groups is 1. The summed E-state index contributed by atoms with van der Waals surface area (Å²) in [7, 11) is 0. The monoisotopic (exact) mass is 252 g/mol. The maximum absolute atomic E-state index is 13.4. The van der Waals surface area contributed by atoms with Crippen molar-refractivity contribution in [2.75, 3.05) is 5.43 Å². The number of hydrogen-bond acceptors (Lipinski definition) is 3. The number of aliphatic hydroxyl groups is 1. The highest BCUT2D eigenvalue weighted by Gasteiger charge is 2.31. The van der Waals surface area contributed by atoms with E-state index in [0.717, 1.165) is 12.0 Å². The van der Waals surface area contributed by atoms with E-state index in [2.05, 4.69) is 10.9 Å². The molecule has 1 aliphatic rings. The van der Waals surface area contributed by atoms with Gasteiger partial charge in [0.05, 0.1) is 17.7 Å². The van der Waals surface area contributed by atoms with E-state index in [1.165, 1.54) is 6.07 Å². The third-order valence-corrected chi connectivity index (χ3v) is 3.26. The van der Waals surface area contributed by atoms with Crippen molar-refractivity contribution in [2.24, 2.45) is 5.92 Å². The van der Waals surface area contributed by atoms with Gasteiger partial charge in [-0.15, -0.1) is 0 Å². The molecule has 2 rings (SSSR count). The number of halogens is 1. The largest absolute Gasteiger partial charge is 0.392 e. The number of hydrazine groups is 1. The van der Waals surface area contributed by atoms with Crippen molar-refractivity contribution in [2.45, 2.75) is 32.3 Å². The fraction of sp³-hybridized carbons (Fsp3) is 0.462. The zero-order valence-corrected chi connectivity index (χ0v) is 10.2. The van der Waals surface area contributed by atoms with E-state index in [9.17, 15) is 14.3 Å². The van der Waals surface area contributed by atoms with Crippen LogP contribution in [0.5, 0.6) is 0 Å². The molecule has 1 fully saturated rings. The van der Waals surface area contributed by atoms with Crippen LogP contribution in [0.25, 0.3) is 0 Å². The lowest BCUT2D eigenvalue weighted by molar-refractivity contribution is -0.126. The van der Waals surface area contributed by atoms with Gasteiger partial charge < -0.3 is 5.11 Å². The highest BCUT2D eigenvalue weighted by atomic mass is 19.1. The average Bonchev–Trinajstić information content (AvgIpc) is 2.76. The Bertz CT molecular complexity index is 451. The number of benzene rings is 1. The Balaban J connectivity index is 1.95. The normalized spacial score (nSPS) is 22.8. The minimum absolute atomic E-state index is 0.232. The van der Waals surface area contributed by atoms with Gasteiger partial charge >= 0.3 is 0 Å². The van der Waals surface area contributed by atoms with E-state index >= 15 is 0 Å². The Morgan fingerprint density at radius 2 is 2.22 bits per heavy atom. The summed E-state index contributed by atoms with van der Waals surface area (Å²) < 4.78 is 13.4. The van der Waals surface area contributed by atoms with E-state index in [4.69, 9.17) is 0 Å². The zero-order chi connectivity index (χ0) is 13.1. The number of amides is 1. The number of rotatable bonds is 3. The maximum atomic E-state index is 13.4. The lowest BCUT2D eigenvalue weighted by Gasteiger charge is -2.16. The summed E-state index contributed by atoms with van der Waals surface area (Å²) in [5.41, 5.74) is 6.15. The van der Waals surface area contributed by atoms with Gasteiger partial charge in [-0.25, -0.2) is 4.39 Å². The number of carbonyl (C=O) groups excluding carboxylic acids is 1. The molecule has 4 nitrogen and oxygen atoms in total. The molecular formula is C13H17FN2O2. The Hall–Kier alpha value is -1.62. The molecule has 0 saturated heterocycles. The lowest BCUT2D eigenvalue weighted by atomic mass is 10.1. The number of anilines is 1. The molecule has 0 aliphatic heterocycles. The summed E-state index contributed by atoms with van der Waals surface area (Å²) >= 11 is 0. The molecule has 0 heterocycles. The maximum Gasteiger partial charge on any atom is 0.244 e. The first-order chi connectivity index (χ1) is 8.58. The van der Waals surface area contributed by atoms with Crippen LogP contribution in [0.1, 0.15) is 24.8 Å². The summed E-state index contributed by atoms with van der Waals surface area (Å²) in [5, 5.41) is 9.59. The fourth-order valence-corrected chi connectivity index (χ4v) is 2.20.